The number of carbonyl (C=O) groups is 1. The van der Waals surface area contributed by atoms with Crippen LogP contribution in [0.1, 0.15) is 15.9 Å². The van der Waals surface area contributed by atoms with E-state index in [1.165, 1.54) is 18.2 Å². The van der Waals surface area contributed by atoms with Gasteiger partial charge in [0, 0.05) is 22.1 Å². The summed E-state index contributed by atoms with van der Waals surface area (Å²) in [6, 6.07) is 9.38. The molecule has 0 aromatic heterocycles. The molecule has 5 heteroatoms. The molecule has 4 nitrogen and oxygen atoms in total. The third kappa shape index (κ3) is 3.58. The van der Waals surface area contributed by atoms with Crippen molar-refractivity contribution in [1.82, 2.24) is 0 Å². The van der Waals surface area contributed by atoms with Crippen molar-refractivity contribution in [1.29, 1.82) is 0 Å². The number of allylic oxidation sites excluding steroid dienone is 1. The minimum atomic E-state index is -0.413. The van der Waals surface area contributed by atoms with Gasteiger partial charge in [-0.1, -0.05) is 0 Å². The minimum Gasteiger partial charge on any atom is -0.507 e. The van der Waals surface area contributed by atoms with Crippen LogP contribution in [0.2, 0.25) is 0 Å². The van der Waals surface area contributed by atoms with E-state index in [2.05, 4.69) is 0 Å². The van der Waals surface area contributed by atoms with Crippen LogP contribution in [0.15, 0.2) is 47.4 Å². The van der Waals surface area contributed by atoms with Crippen molar-refractivity contribution in [2.75, 3.05) is 6.26 Å². The number of carbonyl (C=O) groups excluding carboxylic acids is 1. The Labute approximate surface area is 126 Å². The molecule has 2 aromatic rings. The molecule has 0 aliphatic carbocycles. The lowest BCUT2D eigenvalue weighted by Gasteiger charge is -2.02. The van der Waals surface area contributed by atoms with Crippen LogP contribution in [0.3, 0.4) is 0 Å². The fourth-order valence-corrected chi connectivity index (χ4v) is 2.14. The molecule has 0 bridgehead atoms. The van der Waals surface area contributed by atoms with E-state index in [-0.39, 0.29) is 22.8 Å². The summed E-state index contributed by atoms with van der Waals surface area (Å²) >= 11 is 1.59. The zero-order valence-electron chi connectivity index (χ0n) is 11.3. The normalized spacial score (nSPS) is 10.9. The first kappa shape index (κ1) is 15.0. The van der Waals surface area contributed by atoms with Gasteiger partial charge in [-0.3, -0.25) is 4.79 Å². The van der Waals surface area contributed by atoms with Crippen LogP contribution in [0.25, 0.3) is 6.08 Å². The summed E-state index contributed by atoms with van der Waals surface area (Å²) in [5, 5.41) is 28.2. The SMILES string of the molecule is CSc1ccc(C(=O)/C=C/c2cc(O)c(O)cc2O)cc1. The van der Waals surface area contributed by atoms with Gasteiger partial charge in [-0.15, -0.1) is 11.8 Å². The second-order valence-corrected chi connectivity index (χ2v) is 5.21. The molecule has 0 saturated heterocycles. The Balaban J connectivity index is 2.20. The monoisotopic (exact) mass is 302 g/mol. The number of benzene rings is 2. The lowest BCUT2D eigenvalue weighted by atomic mass is 10.1. The van der Waals surface area contributed by atoms with E-state index in [1.807, 2.05) is 18.4 Å². The number of thioether (sulfide) groups is 1. The Morgan fingerprint density at radius 1 is 1.00 bits per heavy atom. The smallest absolute Gasteiger partial charge is 0.185 e. The van der Waals surface area contributed by atoms with E-state index in [4.69, 9.17) is 0 Å². The first-order valence-corrected chi connectivity index (χ1v) is 7.35. The van der Waals surface area contributed by atoms with Gasteiger partial charge in [-0.05, 0) is 48.7 Å². The lowest BCUT2D eigenvalue weighted by molar-refractivity contribution is 0.104. The fourth-order valence-electron chi connectivity index (χ4n) is 1.73. The number of aromatic hydroxyl groups is 3. The number of phenolic OH excluding ortho intramolecular Hbond substituents is 3. The maximum absolute atomic E-state index is 12.0. The molecule has 0 fully saturated rings. The maximum atomic E-state index is 12.0. The first-order valence-electron chi connectivity index (χ1n) is 6.12. The van der Waals surface area contributed by atoms with E-state index in [9.17, 15) is 20.1 Å². The molecule has 0 unspecified atom stereocenters. The molecular formula is C16H14O4S. The van der Waals surface area contributed by atoms with Crippen LogP contribution in [0.4, 0.5) is 0 Å². The van der Waals surface area contributed by atoms with Gasteiger partial charge >= 0.3 is 0 Å². The van der Waals surface area contributed by atoms with Gasteiger partial charge in [0.25, 0.3) is 0 Å². The lowest BCUT2D eigenvalue weighted by Crippen LogP contribution is -1.93. The highest BCUT2D eigenvalue weighted by atomic mass is 32.2. The standard InChI is InChI=1S/C16H14O4S/c1-21-12-5-2-10(3-6-12)13(17)7-4-11-8-15(19)16(20)9-14(11)18/h2-9,18-20H,1H3/b7-4+. The third-order valence-corrected chi connectivity index (χ3v) is 3.66. The van der Waals surface area contributed by atoms with Crippen molar-refractivity contribution in [3.63, 3.8) is 0 Å². The van der Waals surface area contributed by atoms with Crippen molar-refractivity contribution in [3.05, 3.63) is 53.6 Å². The first-order chi connectivity index (χ1) is 10.0. The Morgan fingerprint density at radius 3 is 2.24 bits per heavy atom. The predicted octanol–water partition coefficient (Wildman–Crippen LogP) is 3.42. The summed E-state index contributed by atoms with van der Waals surface area (Å²) in [6.45, 7) is 0. The Morgan fingerprint density at radius 2 is 1.62 bits per heavy atom. The largest absolute Gasteiger partial charge is 0.507 e. The van der Waals surface area contributed by atoms with Crippen molar-refractivity contribution >= 4 is 23.6 Å². The molecule has 0 atom stereocenters. The summed E-state index contributed by atoms with van der Waals surface area (Å²) in [4.78, 5) is 13.1. The molecule has 2 aromatic carbocycles. The third-order valence-electron chi connectivity index (χ3n) is 2.91. The van der Waals surface area contributed by atoms with E-state index < -0.39 is 5.75 Å². The van der Waals surface area contributed by atoms with Gasteiger partial charge in [0.15, 0.2) is 17.3 Å². The van der Waals surface area contributed by atoms with Gasteiger partial charge in [0.05, 0.1) is 0 Å². The average Bonchev–Trinajstić information content (AvgIpc) is 2.49. The Hall–Kier alpha value is -2.40. The molecule has 0 radical (unpaired) electrons. The average molecular weight is 302 g/mol. The molecule has 21 heavy (non-hydrogen) atoms. The van der Waals surface area contributed by atoms with Gasteiger partial charge < -0.3 is 15.3 Å². The van der Waals surface area contributed by atoms with Crippen molar-refractivity contribution in [3.8, 4) is 17.2 Å². The molecular weight excluding hydrogens is 288 g/mol. The molecule has 0 saturated carbocycles. The number of hydrogen-bond donors (Lipinski definition) is 3. The minimum absolute atomic E-state index is 0.213. The van der Waals surface area contributed by atoms with Crippen LogP contribution in [-0.4, -0.2) is 27.4 Å². The highest BCUT2D eigenvalue weighted by Crippen LogP contribution is 2.32. The summed E-state index contributed by atoms with van der Waals surface area (Å²) < 4.78 is 0. The second-order valence-electron chi connectivity index (χ2n) is 4.33. The van der Waals surface area contributed by atoms with Crippen LogP contribution < -0.4 is 0 Å². The van der Waals surface area contributed by atoms with Crippen molar-refractivity contribution in [2.45, 2.75) is 4.90 Å². The fraction of sp³-hybridized carbons (Fsp3) is 0.0625. The quantitative estimate of drug-likeness (QED) is 0.265. The Bertz CT molecular complexity index is 690. The van der Waals surface area contributed by atoms with Gasteiger partial charge in [-0.25, -0.2) is 0 Å². The van der Waals surface area contributed by atoms with Crippen molar-refractivity contribution < 1.29 is 20.1 Å². The summed E-state index contributed by atoms with van der Waals surface area (Å²) in [7, 11) is 0. The van der Waals surface area contributed by atoms with E-state index in [0.29, 0.717) is 5.56 Å². The summed E-state index contributed by atoms with van der Waals surface area (Å²) in [5.41, 5.74) is 0.783. The molecule has 0 aliphatic rings. The zero-order valence-corrected chi connectivity index (χ0v) is 12.1. The van der Waals surface area contributed by atoms with Crippen LogP contribution in [-0.2, 0) is 0 Å². The van der Waals surface area contributed by atoms with Crippen LogP contribution >= 0.6 is 11.8 Å². The number of ketones is 1. The molecule has 2 rings (SSSR count). The highest BCUT2D eigenvalue weighted by molar-refractivity contribution is 7.98. The van der Waals surface area contributed by atoms with E-state index >= 15 is 0 Å². The van der Waals surface area contributed by atoms with Gasteiger partial charge in [0.1, 0.15) is 5.75 Å². The molecule has 0 spiro atoms. The molecule has 0 amide bonds. The molecule has 0 heterocycles. The number of rotatable bonds is 4. The topological polar surface area (TPSA) is 77.8 Å². The number of hydrogen-bond acceptors (Lipinski definition) is 5. The zero-order chi connectivity index (χ0) is 15.4. The van der Waals surface area contributed by atoms with Gasteiger partial charge in [-0.2, -0.15) is 0 Å². The van der Waals surface area contributed by atoms with Crippen LogP contribution in [0.5, 0.6) is 17.2 Å². The predicted molar refractivity (Wildman–Crippen MR) is 83.0 cm³/mol. The molecule has 3 N–H and O–H groups in total. The number of phenols is 3. The summed E-state index contributed by atoms with van der Waals surface area (Å²) in [6.07, 6.45) is 4.65. The second kappa shape index (κ2) is 6.37. The summed E-state index contributed by atoms with van der Waals surface area (Å²) in [5.74, 6) is -1.20. The van der Waals surface area contributed by atoms with Crippen molar-refractivity contribution in [2.24, 2.45) is 0 Å². The highest BCUT2D eigenvalue weighted by Gasteiger charge is 2.06. The Kier molecular flexibility index (Phi) is 4.55. The van der Waals surface area contributed by atoms with E-state index in [0.717, 1.165) is 11.0 Å². The van der Waals surface area contributed by atoms with E-state index in [1.54, 1.807) is 23.9 Å². The maximum Gasteiger partial charge on any atom is 0.185 e. The van der Waals surface area contributed by atoms with Gasteiger partial charge in [0.2, 0.25) is 0 Å². The van der Waals surface area contributed by atoms with Crippen LogP contribution in [0, 0.1) is 0 Å². The molecule has 108 valence electrons. The molecule has 0 aliphatic heterocycles.